The molecule has 5 heteroatoms. The zero-order valence-electron chi connectivity index (χ0n) is 11.0. The molecule has 19 heavy (non-hydrogen) atoms. The number of hydrogen-bond acceptors (Lipinski definition) is 5. The van der Waals surface area contributed by atoms with Gasteiger partial charge in [-0.15, -0.1) is 0 Å². The number of Topliss-reactive ketones (excluding diaryl/α,β-unsaturated/α-hetero) is 1. The van der Waals surface area contributed by atoms with Crippen molar-refractivity contribution in [2.24, 2.45) is 5.92 Å². The van der Waals surface area contributed by atoms with E-state index in [2.05, 4.69) is 6.07 Å². The Morgan fingerprint density at radius 2 is 2.21 bits per heavy atom. The third-order valence-electron chi connectivity index (χ3n) is 2.91. The zero-order chi connectivity index (χ0) is 13.8. The van der Waals surface area contributed by atoms with Gasteiger partial charge in [-0.3, -0.25) is 9.69 Å². The highest BCUT2D eigenvalue weighted by Gasteiger charge is 2.17. The quantitative estimate of drug-likeness (QED) is 0.754. The van der Waals surface area contributed by atoms with Gasteiger partial charge in [0, 0.05) is 12.1 Å². The van der Waals surface area contributed by atoms with E-state index in [1.807, 2.05) is 18.9 Å². The second kappa shape index (κ2) is 5.72. The summed E-state index contributed by atoms with van der Waals surface area (Å²) in [6.45, 7) is 2.90. The Hall–Kier alpha value is -2.06. The standard InChI is InChI=1S/C14H16N2O3/c1-10(6-15)7-16(2)8-12(17)11-3-4-13-14(5-11)19-9-18-13/h3-5,10H,7-9H2,1-2H3. The normalized spacial score (nSPS) is 14.2. The van der Waals surface area contributed by atoms with Crippen molar-refractivity contribution < 1.29 is 14.3 Å². The summed E-state index contributed by atoms with van der Waals surface area (Å²) in [7, 11) is 1.83. The van der Waals surface area contributed by atoms with Crippen LogP contribution in [0.5, 0.6) is 11.5 Å². The van der Waals surface area contributed by atoms with Crippen LogP contribution in [0.1, 0.15) is 17.3 Å². The fourth-order valence-corrected chi connectivity index (χ4v) is 1.98. The van der Waals surface area contributed by atoms with Crippen LogP contribution in [-0.2, 0) is 0 Å². The number of fused-ring (bicyclic) bond motifs is 1. The van der Waals surface area contributed by atoms with Gasteiger partial charge in [-0.2, -0.15) is 5.26 Å². The minimum atomic E-state index is -0.0884. The molecule has 0 fully saturated rings. The molecule has 0 bridgehead atoms. The molecule has 0 amide bonds. The third kappa shape index (κ3) is 3.24. The van der Waals surface area contributed by atoms with Gasteiger partial charge in [0.25, 0.3) is 0 Å². The first-order chi connectivity index (χ1) is 9.10. The Bertz CT molecular complexity index is 522. The van der Waals surface area contributed by atoms with Crippen molar-refractivity contribution in [3.63, 3.8) is 0 Å². The molecule has 1 aromatic rings. The molecular formula is C14H16N2O3. The van der Waals surface area contributed by atoms with E-state index < -0.39 is 0 Å². The van der Waals surface area contributed by atoms with Gasteiger partial charge in [0.15, 0.2) is 17.3 Å². The fourth-order valence-electron chi connectivity index (χ4n) is 1.98. The van der Waals surface area contributed by atoms with Gasteiger partial charge in [-0.05, 0) is 32.2 Å². The summed E-state index contributed by atoms with van der Waals surface area (Å²) >= 11 is 0. The molecule has 0 saturated heterocycles. The lowest BCUT2D eigenvalue weighted by Crippen LogP contribution is -2.29. The molecule has 0 spiro atoms. The van der Waals surface area contributed by atoms with E-state index in [0.29, 0.717) is 23.6 Å². The molecule has 1 atom stereocenters. The summed E-state index contributed by atoms with van der Waals surface area (Å²) in [5.41, 5.74) is 0.598. The Kier molecular flexibility index (Phi) is 4.03. The van der Waals surface area contributed by atoms with Crippen LogP contribution in [0.3, 0.4) is 0 Å². The number of hydrogen-bond donors (Lipinski definition) is 0. The monoisotopic (exact) mass is 260 g/mol. The molecule has 2 rings (SSSR count). The van der Waals surface area contributed by atoms with Crippen molar-refractivity contribution >= 4 is 5.78 Å². The van der Waals surface area contributed by atoms with Crippen LogP contribution in [0.15, 0.2) is 18.2 Å². The average Bonchev–Trinajstić information content (AvgIpc) is 2.85. The molecule has 1 aromatic carbocycles. The van der Waals surface area contributed by atoms with E-state index in [1.54, 1.807) is 18.2 Å². The number of nitrogens with zero attached hydrogens (tertiary/aromatic N) is 2. The second-order valence-corrected chi connectivity index (χ2v) is 4.72. The van der Waals surface area contributed by atoms with Crippen molar-refractivity contribution in [3.8, 4) is 17.6 Å². The van der Waals surface area contributed by atoms with Gasteiger partial charge in [0.05, 0.1) is 18.5 Å². The Morgan fingerprint density at radius 3 is 2.95 bits per heavy atom. The maximum absolute atomic E-state index is 12.1. The van der Waals surface area contributed by atoms with Gasteiger partial charge in [-0.25, -0.2) is 0 Å². The lowest BCUT2D eigenvalue weighted by molar-refractivity contribution is 0.0942. The van der Waals surface area contributed by atoms with Crippen LogP contribution in [0, 0.1) is 17.2 Å². The molecule has 1 heterocycles. The molecular weight excluding hydrogens is 244 g/mol. The van der Waals surface area contributed by atoms with Crippen LogP contribution < -0.4 is 9.47 Å². The summed E-state index contributed by atoms with van der Waals surface area (Å²) < 4.78 is 10.4. The first kappa shape index (κ1) is 13.4. The maximum Gasteiger partial charge on any atom is 0.231 e. The molecule has 0 radical (unpaired) electrons. The van der Waals surface area contributed by atoms with Crippen molar-refractivity contribution in [2.45, 2.75) is 6.92 Å². The first-order valence-corrected chi connectivity index (χ1v) is 6.11. The Balaban J connectivity index is 1.98. The van der Waals surface area contributed by atoms with Gasteiger partial charge >= 0.3 is 0 Å². The summed E-state index contributed by atoms with van der Waals surface area (Å²) in [4.78, 5) is 14.0. The number of nitriles is 1. The smallest absolute Gasteiger partial charge is 0.231 e. The van der Waals surface area contributed by atoms with Crippen molar-refractivity contribution in [3.05, 3.63) is 23.8 Å². The first-order valence-electron chi connectivity index (χ1n) is 6.11. The zero-order valence-corrected chi connectivity index (χ0v) is 11.0. The number of benzene rings is 1. The fraction of sp³-hybridized carbons (Fsp3) is 0.429. The SMILES string of the molecule is CC(C#N)CN(C)CC(=O)c1ccc2c(c1)OCO2. The van der Waals surface area contributed by atoms with E-state index in [-0.39, 0.29) is 25.0 Å². The van der Waals surface area contributed by atoms with Crippen LogP contribution in [0.2, 0.25) is 0 Å². The van der Waals surface area contributed by atoms with E-state index in [4.69, 9.17) is 14.7 Å². The molecule has 0 aliphatic carbocycles. The predicted octanol–water partition coefficient (Wildman–Crippen LogP) is 1.69. The summed E-state index contributed by atoms with van der Waals surface area (Å²) in [6.07, 6.45) is 0. The molecule has 1 unspecified atom stereocenters. The molecule has 0 saturated carbocycles. The number of carbonyl (C=O) groups is 1. The van der Waals surface area contributed by atoms with E-state index >= 15 is 0 Å². The molecule has 0 N–H and O–H groups in total. The number of likely N-dealkylation sites (N-methyl/N-ethyl adjacent to an activating group) is 1. The Labute approximate surface area is 112 Å². The summed E-state index contributed by atoms with van der Waals surface area (Å²) in [5.74, 6) is 1.20. The number of rotatable bonds is 5. The summed E-state index contributed by atoms with van der Waals surface area (Å²) in [6, 6.07) is 7.33. The average molecular weight is 260 g/mol. The molecule has 1 aliphatic rings. The molecule has 5 nitrogen and oxygen atoms in total. The van der Waals surface area contributed by atoms with Crippen molar-refractivity contribution in [2.75, 3.05) is 26.9 Å². The molecule has 100 valence electrons. The van der Waals surface area contributed by atoms with Crippen LogP contribution >= 0.6 is 0 Å². The maximum atomic E-state index is 12.1. The molecule has 1 aliphatic heterocycles. The highest BCUT2D eigenvalue weighted by Crippen LogP contribution is 2.32. The van der Waals surface area contributed by atoms with E-state index in [1.165, 1.54) is 0 Å². The summed E-state index contributed by atoms with van der Waals surface area (Å²) in [5, 5.41) is 8.75. The van der Waals surface area contributed by atoms with Gasteiger partial charge in [-0.1, -0.05) is 0 Å². The van der Waals surface area contributed by atoms with Gasteiger partial charge in [0.1, 0.15) is 0 Å². The van der Waals surface area contributed by atoms with Crippen molar-refractivity contribution in [1.29, 1.82) is 5.26 Å². The second-order valence-electron chi connectivity index (χ2n) is 4.72. The van der Waals surface area contributed by atoms with E-state index in [9.17, 15) is 4.79 Å². The molecule has 0 aromatic heterocycles. The van der Waals surface area contributed by atoms with Crippen LogP contribution in [0.25, 0.3) is 0 Å². The Morgan fingerprint density at radius 1 is 1.47 bits per heavy atom. The largest absolute Gasteiger partial charge is 0.454 e. The topological polar surface area (TPSA) is 62.6 Å². The highest BCUT2D eigenvalue weighted by molar-refractivity contribution is 5.98. The third-order valence-corrected chi connectivity index (χ3v) is 2.91. The van der Waals surface area contributed by atoms with Crippen LogP contribution in [-0.4, -0.2) is 37.6 Å². The highest BCUT2D eigenvalue weighted by atomic mass is 16.7. The predicted molar refractivity (Wildman–Crippen MR) is 69.2 cm³/mol. The number of carbonyl (C=O) groups excluding carboxylic acids is 1. The lowest BCUT2D eigenvalue weighted by Gasteiger charge is -2.16. The van der Waals surface area contributed by atoms with Gasteiger partial charge < -0.3 is 9.47 Å². The van der Waals surface area contributed by atoms with E-state index in [0.717, 1.165) is 0 Å². The number of ether oxygens (including phenoxy) is 2. The minimum Gasteiger partial charge on any atom is -0.454 e. The van der Waals surface area contributed by atoms with Gasteiger partial charge in [0.2, 0.25) is 6.79 Å². The number of ketones is 1. The van der Waals surface area contributed by atoms with Crippen LogP contribution in [0.4, 0.5) is 0 Å². The lowest BCUT2D eigenvalue weighted by atomic mass is 10.1. The minimum absolute atomic E-state index is 0.00550. The van der Waals surface area contributed by atoms with Crippen molar-refractivity contribution in [1.82, 2.24) is 4.90 Å².